The summed E-state index contributed by atoms with van der Waals surface area (Å²) < 4.78 is 0. The molecule has 0 spiro atoms. The number of nitrogens with two attached hydrogens (primary N) is 1. The fraction of sp³-hybridized carbons (Fsp3) is 0.250. The number of hydrogen-bond acceptors (Lipinski definition) is 10. The predicted molar refractivity (Wildman–Crippen MR) is 108 cm³/mol. The molecule has 0 radical (unpaired) electrons. The van der Waals surface area contributed by atoms with Gasteiger partial charge in [0.25, 0.3) is 11.8 Å². The van der Waals surface area contributed by atoms with Gasteiger partial charge in [-0.15, -0.1) is 23.1 Å². The molecular weight excluding hydrogens is 438 g/mol. The van der Waals surface area contributed by atoms with Gasteiger partial charge in [-0.1, -0.05) is 12.7 Å². The third-order valence-corrected chi connectivity index (χ3v) is 5.85. The van der Waals surface area contributed by atoms with E-state index in [1.807, 2.05) is 0 Å². The molecule has 3 heterocycles. The van der Waals surface area contributed by atoms with Crippen LogP contribution in [0, 0.1) is 5.41 Å². The fourth-order valence-corrected chi connectivity index (χ4v) is 4.43. The summed E-state index contributed by atoms with van der Waals surface area (Å²) in [5.74, 6) is -3.34. The molecule has 1 fully saturated rings. The van der Waals surface area contributed by atoms with Gasteiger partial charge < -0.3 is 26.4 Å². The quantitative estimate of drug-likeness (QED) is 0.230. The van der Waals surface area contributed by atoms with E-state index < -0.39 is 47.5 Å². The number of anilines is 1. The summed E-state index contributed by atoms with van der Waals surface area (Å²) in [6.45, 7) is 2.79. The van der Waals surface area contributed by atoms with Gasteiger partial charge in [-0.2, -0.15) is 0 Å². The molecule has 3 rings (SSSR count). The van der Waals surface area contributed by atoms with Crippen LogP contribution in [0.2, 0.25) is 0 Å². The number of aliphatic hydroxyl groups is 1. The number of carboxylic acid groups (broad SMARTS) is 2. The molecule has 7 N–H and O–H groups in total. The number of rotatable bonds is 6. The van der Waals surface area contributed by atoms with Crippen molar-refractivity contribution in [3.05, 3.63) is 35.0 Å². The Bertz CT molecular complexity index is 958. The summed E-state index contributed by atoms with van der Waals surface area (Å²) >= 11 is 2.43. The van der Waals surface area contributed by atoms with E-state index in [1.165, 1.54) is 23.2 Å². The zero-order valence-electron chi connectivity index (χ0n) is 15.2. The molecule has 14 heteroatoms. The zero-order chi connectivity index (χ0) is 22.6. The number of aromatic nitrogens is 1. The van der Waals surface area contributed by atoms with Crippen LogP contribution in [0.3, 0.4) is 0 Å². The van der Waals surface area contributed by atoms with Gasteiger partial charge in [-0.25, -0.2) is 14.6 Å². The first kappa shape index (κ1) is 23.1. The molecule has 0 aromatic carbocycles. The van der Waals surface area contributed by atoms with Crippen molar-refractivity contribution in [2.24, 2.45) is 0 Å². The third-order valence-electron chi connectivity index (χ3n) is 3.87. The maximum atomic E-state index is 12.3. The van der Waals surface area contributed by atoms with Crippen molar-refractivity contribution in [2.75, 3.05) is 18.1 Å². The minimum atomic E-state index is -1.22. The molecule has 12 nitrogen and oxygen atoms in total. The molecule has 2 aliphatic rings. The average Bonchev–Trinajstić information content (AvgIpc) is 3.16. The van der Waals surface area contributed by atoms with E-state index in [1.54, 1.807) is 0 Å². The second kappa shape index (κ2) is 9.51. The monoisotopic (exact) mass is 455 g/mol. The summed E-state index contributed by atoms with van der Waals surface area (Å²) in [4.78, 5) is 50.1. The van der Waals surface area contributed by atoms with Gasteiger partial charge in [0, 0.05) is 11.1 Å². The molecule has 160 valence electrons. The molecule has 0 saturated carbocycles. The number of nitrogens with zero attached hydrogens (tertiary/aromatic N) is 2. The maximum absolute atomic E-state index is 12.3. The number of aliphatic hydroxyl groups excluding tert-OH is 1. The summed E-state index contributed by atoms with van der Waals surface area (Å²) in [6.07, 6.45) is 1.41. The first-order valence-corrected chi connectivity index (χ1v) is 10.0. The second-order valence-corrected chi connectivity index (χ2v) is 7.74. The molecular formula is C16H17N5O7S2. The molecule has 2 aliphatic heterocycles. The van der Waals surface area contributed by atoms with Crippen molar-refractivity contribution in [2.45, 2.75) is 11.4 Å². The second-order valence-electron chi connectivity index (χ2n) is 5.74. The molecule has 0 unspecified atom stereocenters. The Kier molecular flexibility index (Phi) is 7.31. The van der Waals surface area contributed by atoms with Crippen LogP contribution >= 0.6 is 23.1 Å². The minimum Gasteiger partial charge on any atom is -0.480 e. The van der Waals surface area contributed by atoms with Gasteiger partial charge in [0.2, 0.25) is 0 Å². The predicted octanol–water partition coefficient (Wildman–Crippen LogP) is -0.919. The maximum Gasteiger partial charge on any atom is 0.352 e. The number of allylic oxidation sites excluding steroid dienone is 1. The Balaban J connectivity index is 0.000000575. The van der Waals surface area contributed by atoms with Gasteiger partial charge in [0.15, 0.2) is 5.13 Å². The minimum absolute atomic E-state index is 0.114. The number of fused-ring (bicyclic) bond motifs is 1. The number of hydrogen-bond donors (Lipinski definition) is 6. The topological polar surface area (TPSA) is 207 Å². The number of carboxylic acids is 2. The highest BCUT2D eigenvalue weighted by Gasteiger charge is 2.54. The van der Waals surface area contributed by atoms with Crippen LogP contribution in [0.5, 0.6) is 0 Å². The average molecular weight is 455 g/mol. The molecule has 2 atom stereocenters. The fourth-order valence-electron chi connectivity index (χ4n) is 2.53. The Morgan fingerprint density at radius 2 is 2.07 bits per heavy atom. The first-order valence-electron chi connectivity index (χ1n) is 8.09. The Morgan fingerprint density at radius 1 is 1.43 bits per heavy atom. The molecule has 2 amide bonds. The zero-order valence-corrected chi connectivity index (χ0v) is 16.8. The van der Waals surface area contributed by atoms with Crippen molar-refractivity contribution in [3.8, 4) is 0 Å². The molecule has 1 saturated heterocycles. The van der Waals surface area contributed by atoms with Gasteiger partial charge in [0.1, 0.15) is 35.1 Å². The van der Waals surface area contributed by atoms with E-state index in [0.717, 1.165) is 16.2 Å². The summed E-state index contributed by atoms with van der Waals surface area (Å²) in [5, 5.41) is 35.8. The molecule has 1 aromatic rings. The van der Waals surface area contributed by atoms with E-state index in [2.05, 4.69) is 16.9 Å². The van der Waals surface area contributed by atoms with Crippen LogP contribution in [-0.4, -0.2) is 78.4 Å². The lowest BCUT2D eigenvalue weighted by atomic mass is 10.0. The highest BCUT2D eigenvalue weighted by Crippen LogP contribution is 2.40. The Morgan fingerprint density at radius 3 is 2.53 bits per heavy atom. The Hall–Kier alpha value is -3.23. The summed E-state index contributed by atoms with van der Waals surface area (Å²) in [6, 6.07) is -0.894. The van der Waals surface area contributed by atoms with Crippen LogP contribution in [0.1, 0.15) is 5.69 Å². The van der Waals surface area contributed by atoms with E-state index in [4.69, 9.17) is 26.2 Å². The van der Waals surface area contributed by atoms with Crippen LogP contribution in [0.25, 0.3) is 0 Å². The molecule has 30 heavy (non-hydrogen) atoms. The number of carbonyl (C=O) groups excluding carboxylic acids is 2. The number of β-lactam (4-membered cyclic amide) rings is 1. The number of nitrogen functional groups attached to an aromatic ring is 1. The smallest absolute Gasteiger partial charge is 0.352 e. The van der Waals surface area contributed by atoms with Gasteiger partial charge in [-0.3, -0.25) is 19.9 Å². The summed E-state index contributed by atoms with van der Waals surface area (Å²) in [7, 11) is 0. The number of amides is 2. The number of nitrogens with one attached hydrogen (secondary N) is 2. The lowest BCUT2D eigenvalue weighted by Gasteiger charge is -2.49. The highest BCUT2D eigenvalue weighted by molar-refractivity contribution is 8.00. The number of thiazole rings is 1. The van der Waals surface area contributed by atoms with Gasteiger partial charge in [0.05, 0.1) is 0 Å². The lowest BCUT2D eigenvalue weighted by Crippen LogP contribution is -2.71. The van der Waals surface area contributed by atoms with Crippen molar-refractivity contribution < 1.29 is 34.5 Å². The van der Waals surface area contributed by atoms with Crippen LogP contribution in [-0.2, 0) is 19.2 Å². The summed E-state index contributed by atoms with van der Waals surface area (Å²) in [5.41, 5.74) is 5.55. The van der Waals surface area contributed by atoms with Gasteiger partial charge >= 0.3 is 11.9 Å². The standard InChI is InChI=1S/C14H13N5O4S2.C2H4O3/c1-2-5-3-24-12-8(11(21)19(12)9(5)13(22)23)18-10(20)7(15)6-4-25-14(16)17-6;3-1-2(4)5/h2,4,8,12,15H,1,3H2,(H2,16,17)(H,18,20)(H,22,23);3H,1H2,(H,4,5)/t8-,12-;/m1./s1. The van der Waals surface area contributed by atoms with Crippen LogP contribution < -0.4 is 11.1 Å². The Labute approximate surface area is 177 Å². The number of aliphatic carboxylic acids is 2. The van der Waals surface area contributed by atoms with E-state index in [-0.39, 0.29) is 16.5 Å². The van der Waals surface area contributed by atoms with Crippen molar-refractivity contribution >= 4 is 57.7 Å². The first-order chi connectivity index (χ1) is 14.1. The van der Waals surface area contributed by atoms with E-state index in [0.29, 0.717) is 11.3 Å². The largest absolute Gasteiger partial charge is 0.480 e. The van der Waals surface area contributed by atoms with Crippen molar-refractivity contribution in [3.63, 3.8) is 0 Å². The number of thioether (sulfide) groups is 1. The van der Waals surface area contributed by atoms with Crippen molar-refractivity contribution in [1.29, 1.82) is 5.41 Å². The van der Waals surface area contributed by atoms with E-state index >= 15 is 0 Å². The highest BCUT2D eigenvalue weighted by atomic mass is 32.2. The third kappa shape index (κ3) is 4.67. The normalized spacial score (nSPS) is 19.6. The van der Waals surface area contributed by atoms with Crippen molar-refractivity contribution in [1.82, 2.24) is 15.2 Å². The molecule has 0 bridgehead atoms. The SMILES string of the molecule is C=CC1=C(C(=O)O)N2C(=O)[C@@H](NC(=O)C(=N)c3csc(N)n3)[C@H]2SC1.O=C(O)CO. The lowest BCUT2D eigenvalue weighted by molar-refractivity contribution is -0.150. The van der Waals surface area contributed by atoms with E-state index in [9.17, 15) is 19.5 Å². The van der Waals surface area contributed by atoms with Gasteiger partial charge in [-0.05, 0) is 5.57 Å². The number of carbonyl (C=O) groups is 4. The molecule has 0 aliphatic carbocycles. The van der Waals surface area contributed by atoms with Crippen LogP contribution in [0.4, 0.5) is 5.13 Å². The molecule has 1 aromatic heterocycles. The van der Waals surface area contributed by atoms with Crippen LogP contribution in [0.15, 0.2) is 29.3 Å².